The monoisotopic (exact) mass is 898 g/mol. The van der Waals surface area contributed by atoms with Gasteiger partial charge in [-0.15, -0.1) is 0 Å². The minimum absolute atomic E-state index is 0.632. The molecule has 328 valence electrons. The summed E-state index contributed by atoms with van der Waals surface area (Å²) in [6, 6.07) is 65.6. The van der Waals surface area contributed by atoms with Gasteiger partial charge in [0.15, 0.2) is 17.2 Å². The lowest BCUT2D eigenvalue weighted by Gasteiger charge is -2.41. The second kappa shape index (κ2) is 15.8. The van der Waals surface area contributed by atoms with Gasteiger partial charge in [0, 0.05) is 65.6 Å². The molecule has 11 aromatic rings. The molecular weight excluding hydrogens is 861 g/mol. The Kier molecular flexibility index (Phi) is 8.94. The molecule has 1 atom stereocenters. The van der Waals surface area contributed by atoms with Crippen molar-refractivity contribution in [2.75, 3.05) is 4.90 Å². The van der Waals surface area contributed by atoms with Crippen molar-refractivity contribution >= 4 is 17.1 Å². The fourth-order valence-corrected chi connectivity index (χ4v) is 10.9. The molecule has 0 saturated heterocycles. The maximum atomic E-state index is 7.14. The Bertz CT molecular complexity index is 3810. The van der Waals surface area contributed by atoms with Crippen LogP contribution in [0.4, 0.5) is 17.1 Å². The van der Waals surface area contributed by atoms with Gasteiger partial charge in [0.25, 0.3) is 0 Å². The fourth-order valence-electron chi connectivity index (χ4n) is 10.9. The molecule has 8 heteroatoms. The molecule has 1 unspecified atom stereocenters. The van der Waals surface area contributed by atoms with Crippen molar-refractivity contribution in [3.8, 4) is 90.2 Å². The van der Waals surface area contributed by atoms with Crippen LogP contribution in [0, 0.1) is 0 Å². The largest absolute Gasteiger partial charge is 0.453 e. The van der Waals surface area contributed by atoms with Gasteiger partial charge in [-0.1, -0.05) is 91.0 Å². The maximum absolute atomic E-state index is 7.14. The quantitative estimate of drug-likeness (QED) is 0.163. The zero-order chi connectivity index (χ0) is 46.2. The molecule has 0 bridgehead atoms. The first-order valence-electron chi connectivity index (χ1n) is 23.3. The highest BCUT2D eigenvalue weighted by molar-refractivity contribution is 5.96. The molecule has 0 amide bonds. The van der Waals surface area contributed by atoms with E-state index in [2.05, 4.69) is 165 Å². The maximum Gasteiger partial charge on any atom is 0.194 e. The molecule has 0 radical (unpaired) electrons. The Morgan fingerprint density at radius 3 is 1.64 bits per heavy atom. The summed E-state index contributed by atoms with van der Waals surface area (Å²) >= 11 is 0. The second-order valence-electron chi connectivity index (χ2n) is 17.6. The smallest absolute Gasteiger partial charge is 0.194 e. The molecule has 1 aliphatic carbocycles. The summed E-state index contributed by atoms with van der Waals surface area (Å²) in [5.74, 6) is 2.74. The number of fused-ring (bicyclic) bond motifs is 12. The Labute approximate surface area is 403 Å². The summed E-state index contributed by atoms with van der Waals surface area (Å²) in [5.41, 5.74) is 18.1. The predicted octanol–water partition coefficient (Wildman–Crippen LogP) is 15.0. The SMILES string of the molecule is c1ccc2c(c1)Oc1c(ccc3c1Oc1ccccc1C31c3cccnc3-c3nc(-c4ccccc4-c4cc(-c5ccncc5)cc(-c5ccncc5)c4)ccc31)N2c1ccccc1-c1ccncc1. The van der Waals surface area contributed by atoms with E-state index in [9.17, 15) is 0 Å². The first-order valence-corrected chi connectivity index (χ1v) is 23.3. The molecule has 2 aliphatic heterocycles. The normalized spacial score (nSPS) is 14.5. The number of nitrogens with zero attached hydrogens (tertiary/aromatic N) is 6. The molecule has 6 aromatic carbocycles. The number of benzene rings is 6. The lowest BCUT2D eigenvalue weighted by Crippen LogP contribution is -2.33. The number of aromatic nitrogens is 5. The van der Waals surface area contributed by atoms with E-state index in [0.717, 1.165) is 118 Å². The third-order valence-electron chi connectivity index (χ3n) is 13.9. The molecule has 7 heterocycles. The van der Waals surface area contributed by atoms with Crippen molar-refractivity contribution in [1.82, 2.24) is 24.9 Å². The van der Waals surface area contributed by atoms with Crippen molar-refractivity contribution in [2.45, 2.75) is 5.41 Å². The van der Waals surface area contributed by atoms with E-state index < -0.39 is 5.41 Å². The highest BCUT2D eigenvalue weighted by atomic mass is 16.5. The first-order chi connectivity index (χ1) is 34.7. The molecule has 70 heavy (non-hydrogen) atoms. The number of anilines is 3. The highest BCUT2D eigenvalue weighted by Gasteiger charge is 2.54. The third kappa shape index (κ3) is 6.00. The lowest BCUT2D eigenvalue weighted by atomic mass is 9.66. The zero-order valence-corrected chi connectivity index (χ0v) is 37.4. The molecule has 0 saturated carbocycles. The summed E-state index contributed by atoms with van der Waals surface area (Å²) in [4.78, 5) is 26.0. The molecule has 3 aliphatic rings. The van der Waals surface area contributed by atoms with Crippen molar-refractivity contribution < 1.29 is 9.47 Å². The van der Waals surface area contributed by atoms with E-state index in [4.69, 9.17) is 19.4 Å². The van der Waals surface area contributed by atoms with E-state index >= 15 is 0 Å². The first kappa shape index (κ1) is 39.6. The minimum atomic E-state index is -0.846. The average Bonchev–Trinajstić information content (AvgIpc) is 3.73. The second-order valence-corrected chi connectivity index (χ2v) is 17.6. The summed E-state index contributed by atoms with van der Waals surface area (Å²) < 4.78 is 14.2. The van der Waals surface area contributed by atoms with E-state index in [-0.39, 0.29) is 0 Å². The van der Waals surface area contributed by atoms with Crippen LogP contribution in [0.15, 0.2) is 231 Å². The van der Waals surface area contributed by atoms with Crippen LogP contribution in [0.1, 0.15) is 22.3 Å². The predicted molar refractivity (Wildman–Crippen MR) is 275 cm³/mol. The van der Waals surface area contributed by atoms with Gasteiger partial charge in [-0.2, -0.15) is 0 Å². The molecule has 0 fully saturated rings. The van der Waals surface area contributed by atoms with Crippen LogP contribution in [0.25, 0.3) is 67.2 Å². The van der Waals surface area contributed by atoms with Gasteiger partial charge in [-0.05, 0) is 147 Å². The van der Waals surface area contributed by atoms with Crippen molar-refractivity contribution in [1.29, 1.82) is 0 Å². The summed E-state index contributed by atoms with van der Waals surface area (Å²) in [6.45, 7) is 0. The van der Waals surface area contributed by atoms with Gasteiger partial charge in [0.2, 0.25) is 0 Å². The number of hydrogen-bond acceptors (Lipinski definition) is 8. The van der Waals surface area contributed by atoms with Crippen LogP contribution in [-0.4, -0.2) is 24.9 Å². The van der Waals surface area contributed by atoms with Gasteiger partial charge in [-0.25, -0.2) is 4.98 Å². The van der Waals surface area contributed by atoms with Crippen molar-refractivity contribution in [2.24, 2.45) is 0 Å². The van der Waals surface area contributed by atoms with Gasteiger partial charge >= 0.3 is 0 Å². The third-order valence-corrected chi connectivity index (χ3v) is 13.9. The number of ether oxygens (including phenoxy) is 2. The highest BCUT2D eigenvalue weighted by Crippen LogP contribution is 2.66. The van der Waals surface area contributed by atoms with Crippen LogP contribution >= 0.6 is 0 Å². The summed E-state index contributed by atoms with van der Waals surface area (Å²) in [7, 11) is 0. The molecule has 5 aromatic heterocycles. The zero-order valence-electron chi connectivity index (χ0n) is 37.4. The Balaban J connectivity index is 0.966. The average molecular weight is 899 g/mol. The van der Waals surface area contributed by atoms with Crippen LogP contribution < -0.4 is 14.4 Å². The van der Waals surface area contributed by atoms with Crippen molar-refractivity contribution in [3.63, 3.8) is 0 Å². The number of para-hydroxylation sites is 4. The number of rotatable bonds is 6. The van der Waals surface area contributed by atoms with Gasteiger partial charge in [-0.3, -0.25) is 19.9 Å². The van der Waals surface area contributed by atoms with E-state index in [0.29, 0.717) is 11.5 Å². The van der Waals surface area contributed by atoms with Gasteiger partial charge in [0.05, 0.1) is 39.6 Å². The topological polar surface area (TPSA) is 86.2 Å². The van der Waals surface area contributed by atoms with Crippen LogP contribution in [-0.2, 0) is 5.41 Å². The summed E-state index contributed by atoms with van der Waals surface area (Å²) in [5, 5.41) is 0. The molecule has 8 nitrogen and oxygen atoms in total. The number of hydrogen-bond donors (Lipinski definition) is 0. The number of pyridine rings is 5. The molecule has 14 rings (SSSR count). The molecule has 1 spiro atoms. The van der Waals surface area contributed by atoms with Gasteiger partial charge < -0.3 is 14.4 Å². The fraction of sp³-hybridized carbons (Fsp3) is 0.0161. The van der Waals surface area contributed by atoms with Crippen LogP contribution in [0.5, 0.6) is 23.0 Å². The lowest BCUT2D eigenvalue weighted by molar-refractivity contribution is 0.391. The Hall–Kier alpha value is -9.53. The Morgan fingerprint density at radius 1 is 0.343 bits per heavy atom. The van der Waals surface area contributed by atoms with Crippen LogP contribution in [0.3, 0.4) is 0 Å². The van der Waals surface area contributed by atoms with E-state index in [1.165, 1.54) is 0 Å². The standard InChI is InChI=1S/C62H38N6O2/c1-2-12-47(45(10-1)44-37-42(39-23-30-63-31-24-39)36-43(38-44)40-25-32-64-33-26-40)52-21-19-50-59(67-52)58-49(14-9-29-66-58)62(50)48-13-4-7-17-56(48)69-60-51(62)20-22-55-61(60)70-57-18-8-6-16-54(57)68(55)53-15-5-3-11-46(53)41-27-34-65-35-28-41/h1-38H. The van der Waals surface area contributed by atoms with E-state index in [1.54, 1.807) is 0 Å². The summed E-state index contributed by atoms with van der Waals surface area (Å²) in [6.07, 6.45) is 12.9. The molecule has 0 N–H and O–H groups in total. The van der Waals surface area contributed by atoms with E-state index in [1.807, 2.05) is 85.8 Å². The Morgan fingerprint density at radius 2 is 0.900 bits per heavy atom. The minimum Gasteiger partial charge on any atom is -0.453 e. The van der Waals surface area contributed by atoms with Crippen molar-refractivity contribution in [3.05, 3.63) is 254 Å². The van der Waals surface area contributed by atoms with Gasteiger partial charge in [0.1, 0.15) is 5.75 Å². The molecular formula is C62H38N6O2. The van der Waals surface area contributed by atoms with Crippen LogP contribution in [0.2, 0.25) is 0 Å².